The normalized spacial score (nSPS) is 20.1. The van der Waals surface area contributed by atoms with Gasteiger partial charge in [0.2, 0.25) is 10.0 Å². The van der Waals surface area contributed by atoms with Crippen LogP contribution in [0.25, 0.3) is 0 Å². The third-order valence-electron chi connectivity index (χ3n) is 5.78. The van der Waals surface area contributed by atoms with E-state index in [-0.39, 0.29) is 47.6 Å². The van der Waals surface area contributed by atoms with Crippen molar-refractivity contribution in [3.8, 4) is 5.75 Å². The van der Waals surface area contributed by atoms with Crippen molar-refractivity contribution >= 4 is 31.6 Å². The Balaban J connectivity index is 2.06. The molecule has 0 bridgehead atoms. The first-order valence-corrected chi connectivity index (χ1v) is 14.2. The number of amides is 1. The van der Waals surface area contributed by atoms with E-state index < -0.39 is 38.1 Å². The molecule has 1 aliphatic rings. The number of hydrogen-bond donors (Lipinski definition) is 2. The maximum atomic E-state index is 13.4. The van der Waals surface area contributed by atoms with Gasteiger partial charge in [0.25, 0.3) is 15.9 Å². The second kappa shape index (κ2) is 10.1. The smallest absolute Gasteiger partial charge is 0.261 e. The Morgan fingerprint density at radius 1 is 1.31 bits per heavy atom. The molecule has 0 aliphatic carbocycles. The van der Waals surface area contributed by atoms with E-state index in [4.69, 9.17) is 4.74 Å². The van der Waals surface area contributed by atoms with Crippen LogP contribution in [0.3, 0.4) is 0 Å². The molecule has 1 aliphatic heterocycles. The first kappa shape index (κ1) is 26.9. The number of carbonyl (C=O) groups is 1. The average Bonchev–Trinajstić information content (AvgIpc) is 3.22. The molecule has 0 radical (unpaired) electrons. The second-order valence-corrected chi connectivity index (χ2v) is 12.6. The summed E-state index contributed by atoms with van der Waals surface area (Å²) in [5.74, 6) is -0.814. The number of likely N-dealkylation sites (N-methyl/N-ethyl adjacent to an activating group) is 1. The van der Waals surface area contributed by atoms with Crippen molar-refractivity contribution in [1.29, 1.82) is 0 Å². The molecule has 0 spiro atoms. The molecule has 1 aromatic carbocycles. The number of fused-ring (bicyclic) bond motifs is 1. The van der Waals surface area contributed by atoms with Gasteiger partial charge in [0, 0.05) is 32.8 Å². The van der Waals surface area contributed by atoms with Crippen LogP contribution in [0.15, 0.2) is 35.7 Å². The highest BCUT2D eigenvalue weighted by Gasteiger charge is 2.36. The van der Waals surface area contributed by atoms with E-state index in [1.165, 1.54) is 47.2 Å². The summed E-state index contributed by atoms with van der Waals surface area (Å²) in [7, 11) is -4.58. The number of aromatic nitrogens is 2. The number of hydrogen-bond acceptors (Lipinski definition) is 8. The summed E-state index contributed by atoms with van der Waals surface area (Å²) in [6.07, 6.45) is 2.99. The molecule has 14 heteroatoms. The Labute approximate surface area is 205 Å². The van der Waals surface area contributed by atoms with Crippen LogP contribution in [0.5, 0.6) is 5.75 Å². The third kappa shape index (κ3) is 5.94. The van der Waals surface area contributed by atoms with E-state index in [0.29, 0.717) is 0 Å². The van der Waals surface area contributed by atoms with Crippen LogP contribution in [0.1, 0.15) is 24.2 Å². The summed E-state index contributed by atoms with van der Waals surface area (Å²) in [4.78, 5) is 18.8. The summed E-state index contributed by atoms with van der Waals surface area (Å²) < 4.78 is 61.2. The number of imidazole rings is 1. The van der Waals surface area contributed by atoms with Gasteiger partial charge in [-0.1, -0.05) is 13.0 Å². The number of sulfonamides is 2. The lowest BCUT2D eigenvalue weighted by atomic mass is 9.99. The Morgan fingerprint density at radius 2 is 2.00 bits per heavy atom. The van der Waals surface area contributed by atoms with Crippen LogP contribution in [0, 0.1) is 5.92 Å². The molecule has 194 valence electrons. The Morgan fingerprint density at radius 3 is 2.57 bits per heavy atom. The van der Waals surface area contributed by atoms with Crippen LogP contribution in [0.2, 0.25) is 0 Å². The molecule has 1 aromatic heterocycles. The zero-order valence-corrected chi connectivity index (χ0v) is 21.9. The van der Waals surface area contributed by atoms with Gasteiger partial charge in [0.05, 0.1) is 43.0 Å². The van der Waals surface area contributed by atoms with Gasteiger partial charge >= 0.3 is 0 Å². The number of aryl methyl sites for hydroxylation is 1. The van der Waals surface area contributed by atoms with E-state index >= 15 is 0 Å². The zero-order valence-electron chi connectivity index (χ0n) is 20.2. The summed E-state index contributed by atoms with van der Waals surface area (Å²) in [5, 5.41) is 9.62. The molecule has 2 heterocycles. The molecule has 0 unspecified atom stereocenters. The monoisotopic (exact) mass is 529 g/mol. The maximum Gasteiger partial charge on any atom is 0.261 e. The number of ether oxygens (including phenoxy) is 1. The van der Waals surface area contributed by atoms with Gasteiger partial charge in [0.1, 0.15) is 6.10 Å². The van der Waals surface area contributed by atoms with E-state index in [0.717, 1.165) is 10.6 Å². The highest BCUT2D eigenvalue weighted by atomic mass is 32.2. The second-order valence-electron chi connectivity index (χ2n) is 8.84. The molecule has 3 atom stereocenters. The fraction of sp³-hybridized carbons (Fsp3) is 0.524. The van der Waals surface area contributed by atoms with Crippen LogP contribution < -0.4 is 9.46 Å². The van der Waals surface area contributed by atoms with Crippen LogP contribution in [-0.2, 0) is 27.1 Å². The Kier molecular flexibility index (Phi) is 7.79. The predicted octanol–water partition coefficient (Wildman–Crippen LogP) is 0.332. The molecule has 2 N–H and O–H groups in total. The van der Waals surface area contributed by atoms with Crippen molar-refractivity contribution < 1.29 is 31.5 Å². The average molecular weight is 530 g/mol. The van der Waals surface area contributed by atoms with Crippen molar-refractivity contribution in [1.82, 2.24) is 18.8 Å². The SMILES string of the molecule is C[C@@H]1CN([C@@H](C)CO)C(=O)c2cccc(NS(C)(=O)=O)c2O[C@H]1CN(C)S(=O)(=O)c1cn(C)cn1. The minimum absolute atomic E-state index is 0.00162. The summed E-state index contributed by atoms with van der Waals surface area (Å²) in [6.45, 7) is 3.30. The summed E-state index contributed by atoms with van der Waals surface area (Å²) >= 11 is 0. The molecule has 2 aromatic rings. The number of para-hydroxylation sites is 1. The molecule has 0 saturated carbocycles. The molecule has 3 rings (SSSR count). The lowest BCUT2D eigenvalue weighted by Gasteiger charge is -2.38. The molecule has 0 saturated heterocycles. The van der Waals surface area contributed by atoms with Gasteiger partial charge < -0.3 is 19.3 Å². The van der Waals surface area contributed by atoms with Gasteiger partial charge in [-0.25, -0.2) is 21.8 Å². The van der Waals surface area contributed by atoms with Gasteiger partial charge in [-0.2, -0.15) is 4.31 Å². The van der Waals surface area contributed by atoms with Crippen molar-refractivity contribution in [3.05, 3.63) is 36.3 Å². The predicted molar refractivity (Wildman–Crippen MR) is 129 cm³/mol. The number of rotatable bonds is 8. The van der Waals surface area contributed by atoms with Gasteiger partial charge in [-0.15, -0.1) is 0 Å². The van der Waals surface area contributed by atoms with Gasteiger partial charge in [0.15, 0.2) is 10.8 Å². The van der Waals surface area contributed by atoms with Crippen LogP contribution in [0.4, 0.5) is 5.69 Å². The number of nitrogens with one attached hydrogen (secondary N) is 1. The number of anilines is 1. The number of aliphatic hydroxyl groups excluding tert-OH is 1. The molecule has 12 nitrogen and oxygen atoms in total. The van der Waals surface area contributed by atoms with Crippen molar-refractivity contribution in [2.75, 3.05) is 37.7 Å². The van der Waals surface area contributed by atoms with Crippen molar-refractivity contribution in [3.63, 3.8) is 0 Å². The zero-order chi connectivity index (χ0) is 26.1. The lowest BCUT2D eigenvalue weighted by Crippen LogP contribution is -2.50. The van der Waals surface area contributed by atoms with Crippen LogP contribution >= 0.6 is 0 Å². The summed E-state index contributed by atoms with van der Waals surface area (Å²) in [6, 6.07) is 3.96. The quantitative estimate of drug-likeness (QED) is 0.497. The Hall–Kier alpha value is -2.68. The van der Waals surface area contributed by atoms with Crippen molar-refractivity contribution in [2.45, 2.75) is 31.0 Å². The first-order chi connectivity index (χ1) is 16.2. The van der Waals surface area contributed by atoms with E-state index in [9.17, 15) is 26.7 Å². The molecule has 0 fully saturated rings. The number of benzene rings is 1. The van der Waals surface area contributed by atoms with E-state index in [1.807, 2.05) is 0 Å². The van der Waals surface area contributed by atoms with Crippen LogP contribution in [-0.4, -0.2) is 91.8 Å². The van der Waals surface area contributed by atoms with Gasteiger partial charge in [-0.05, 0) is 19.1 Å². The van der Waals surface area contributed by atoms with Crippen molar-refractivity contribution in [2.24, 2.45) is 13.0 Å². The lowest BCUT2D eigenvalue weighted by molar-refractivity contribution is 0.0389. The fourth-order valence-electron chi connectivity index (χ4n) is 3.77. The molecule has 35 heavy (non-hydrogen) atoms. The number of carbonyl (C=O) groups excluding carboxylic acids is 1. The topological polar surface area (TPSA) is 151 Å². The summed E-state index contributed by atoms with van der Waals surface area (Å²) in [5.41, 5.74) is 0.162. The molecule has 1 amide bonds. The fourth-order valence-corrected chi connectivity index (χ4v) is 5.48. The molecular weight excluding hydrogens is 498 g/mol. The minimum atomic E-state index is -3.93. The number of aliphatic hydroxyl groups is 1. The molecular formula is C21H31N5O7S2. The van der Waals surface area contributed by atoms with Gasteiger partial charge in [-0.3, -0.25) is 9.52 Å². The van der Waals surface area contributed by atoms with E-state index in [1.54, 1.807) is 20.9 Å². The first-order valence-electron chi connectivity index (χ1n) is 10.9. The minimum Gasteiger partial charge on any atom is -0.486 e. The highest BCUT2D eigenvalue weighted by molar-refractivity contribution is 7.92. The Bertz CT molecular complexity index is 1290. The maximum absolute atomic E-state index is 13.4. The number of nitrogens with zero attached hydrogens (tertiary/aromatic N) is 4. The van der Waals surface area contributed by atoms with E-state index in [2.05, 4.69) is 9.71 Å². The standard InChI is InChI=1S/C21H31N5O7S2/c1-14-9-26(15(2)12-27)21(28)16-7-6-8-17(23-34(5,29)30)20(16)33-18(14)10-25(4)35(31,32)19-11-24(3)13-22-19/h6-8,11,13-15,18,23,27H,9-10,12H2,1-5H3/t14-,15+,18+/m1/s1. The third-order valence-corrected chi connectivity index (χ3v) is 8.08. The largest absolute Gasteiger partial charge is 0.486 e. The highest BCUT2D eigenvalue weighted by Crippen LogP contribution is 2.35.